The zero-order valence-corrected chi connectivity index (χ0v) is 38.2. The van der Waals surface area contributed by atoms with Crippen molar-refractivity contribution in [2.75, 3.05) is 112 Å². The highest BCUT2D eigenvalue weighted by Crippen LogP contribution is 2.44. The van der Waals surface area contributed by atoms with Crippen molar-refractivity contribution in [3.63, 3.8) is 0 Å². The molecule has 12 heteroatoms. The van der Waals surface area contributed by atoms with Gasteiger partial charge in [-0.15, -0.1) is 0 Å². The zero-order valence-electron chi connectivity index (χ0n) is 38.2. The fourth-order valence-electron chi connectivity index (χ4n) is 7.36. The van der Waals surface area contributed by atoms with Gasteiger partial charge in [0.15, 0.2) is 0 Å². The van der Waals surface area contributed by atoms with Crippen LogP contribution >= 0.6 is 0 Å². The van der Waals surface area contributed by atoms with Crippen LogP contribution in [0.2, 0.25) is 0 Å². The van der Waals surface area contributed by atoms with E-state index in [0.717, 1.165) is 12.8 Å². The van der Waals surface area contributed by atoms with Gasteiger partial charge in [0.1, 0.15) is 13.2 Å². The van der Waals surface area contributed by atoms with Gasteiger partial charge in [-0.25, -0.2) is 4.79 Å². The van der Waals surface area contributed by atoms with Gasteiger partial charge in [0.05, 0.1) is 85.9 Å². The van der Waals surface area contributed by atoms with E-state index in [9.17, 15) is 9.59 Å². The third-order valence-corrected chi connectivity index (χ3v) is 10.8. The average molecular weight is 872 g/mol. The van der Waals surface area contributed by atoms with E-state index in [2.05, 4.69) is 36.5 Å². The number of esters is 1. The first kappa shape index (κ1) is 53.2. The first-order valence-electron chi connectivity index (χ1n) is 24.0. The molecule has 1 aliphatic carbocycles. The molecule has 0 bridgehead atoms. The SMILES string of the molecule is CCCCCCCCCCCCCCCCCC(=O)OCCOCCOCCOCCOCCOCCOCCOCCCNC(=O)OCC1c2ccccc2-c2ccccc21. The summed E-state index contributed by atoms with van der Waals surface area (Å²) in [4.78, 5) is 24.2. The molecule has 0 heterocycles. The molecule has 2 aromatic rings. The molecule has 0 aromatic heterocycles. The minimum atomic E-state index is -0.415. The van der Waals surface area contributed by atoms with Crippen LogP contribution in [0.3, 0.4) is 0 Å². The Morgan fingerprint density at radius 3 is 1.24 bits per heavy atom. The molecule has 0 unspecified atom stereocenters. The monoisotopic (exact) mass is 872 g/mol. The number of nitrogens with one attached hydrogen (secondary N) is 1. The van der Waals surface area contributed by atoms with E-state index in [1.165, 1.54) is 106 Å². The van der Waals surface area contributed by atoms with Crippen LogP contribution in [0.25, 0.3) is 11.1 Å². The molecule has 1 N–H and O–H groups in total. The second-order valence-corrected chi connectivity index (χ2v) is 15.8. The first-order chi connectivity index (χ1) is 30.7. The van der Waals surface area contributed by atoms with Crippen LogP contribution < -0.4 is 5.32 Å². The fraction of sp³-hybridized carbons (Fsp3) is 0.720. The number of amides is 1. The van der Waals surface area contributed by atoms with Crippen molar-refractivity contribution in [2.24, 2.45) is 0 Å². The van der Waals surface area contributed by atoms with Crippen molar-refractivity contribution in [2.45, 2.75) is 122 Å². The Hall–Kier alpha value is -3.10. The predicted molar refractivity (Wildman–Crippen MR) is 244 cm³/mol. The van der Waals surface area contributed by atoms with E-state index in [0.29, 0.717) is 118 Å². The highest BCUT2D eigenvalue weighted by Gasteiger charge is 2.29. The second kappa shape index (κ2) is 38.4. The number of fused-ring (bicyclic) bond motifs is 3. The van der Waals surface area contributed by atoms with Crippen LogP contribution in [0.15, 0.2) is 48.5 Å². The summed E-state index contributed by atoms with van der Waals surface area (Å²) >= 11 is 0. The molecule has 2 aromatic carbocycles. The number of unbranched alkanes of at least 4 members (excludes halogenated alkanes) is 14. The highest BCUT2D eigenvalue weighted by atomic mass is 16.6. The number of hydrogen-bond acceptors (Lipinski definition) is 11. The normalized spacial score (nSPS) is 12.1. The molecule has 62 heavy (non-hydrogen) atoms. The second-order valence-electron chi connectivity index (χ2n) is 15.8. The van der Waals surface area contributed by atoms with Gasteiger partial charge in [-0.3, -0.25) is 4.79 Å². The van der Waals surface area contributed by atoms with Crippen molar-refractivity contribution >= 4 is 12.1 Å². The maximum Gasteiger partial charge on any atom is 0.407 e. The molecule has 0 saturated heterocycles. The van der Waals surface area contributed by atoms with Gasteiger partial charge in [-0.05, 0) is 35.1 Å². The predicted octanol–water partition coefficient (Wildman–Crippen LogP) is 9.84. The summed E-state index contributed by atoms with van der Waals surface area (Å²) < 4.78 is 49.6. The number of benzene rings is 2. The van der Waals surface area contributed by atoms with E-state index < -0.39 is 6.09 Å². The summed E-state index contributed by atoms with van der Waals surface area (Å²) in [6.45, 7) is 9.97. The number of carbonyl (C=O) groups is 2. The largest absolute Gasteiger partial charge is 0.463 e. The summed E-state index contributed by atoms with van der Waals surface area (Å²) in [5, 5.41) is 2.81. The number of carbonyl (C=O) groups excluding carboxylic acids is 2. The van der Waals surface area contributed by atoms with Gasteiger partial charge in [0.25, 0.3) is 0 Å². The lowest BCUT2D eigenvalue weighted by molar-refractivity contribution is -0.145. The van der Waals surface area contributed by atoms with E-state index in [-0.39, 0.29) is 18.5 Å². The molecule has 3 rings (SSSR count). The summed E-state index contributed by atoms with van der Waals surface area (Å²) in [5.74, 6) is -0.0851. The molecule has 0 aliphatic heterocycles. The average Bonchev–Trinajstić information content (AvgIpc) is 3.61. The van der Waals surface area contributed by atoms with Crippen LogP contribution in [0.1, 0.15) is 133 Å². The fourth-order valence-corrected chi connectivity index (χ4v) is 7.36. The molecule has 0 spiro atoms. The molecule has 0 atom stereocenters. The molecule has 0 saturated carbocycles. The highest BCUT2D eigenvalue weighted by molar-refractivity contribution is 5.79. The minimum absolute atomic E-state index is 0.0485. The number of rotatable bonds is 43. The van der Waals surface area contributed by atoms with Crippen molar-refractivity contribution in [1.82, 2.24) is 5.32 Å². The van der Waals surface area contributed by atoms with Gasteiger partial charge in [0, 0.05) is 25.5 Å². The Bertz CT molecular complexity index is 1330. The number of ether oxygens (including phenoxy) is 9. The maximum absolute atomic E-state index is 12.3. The molecular weight excluding hydrogens is 791 g/mol. The van der Waals surface area contributed by atoms with Crippen LogP contribution in [0.4, 0.5) is 4.79 Å². The van der Waals surface area contributed by atoms with Gasteiger partial charge in [0.2, 0.25) is 0 Å². The topological polar surface area (TPSA) is 129 Å². The van der Waals surface area contributed by atoms with Gasteiger partial charge in [-0.2, -0.15) is 0 Å². The lowest BCUT2D eigenvalue weighted by Crippen LogP contribution is -2.27. The van der Waals surface area contributed by atoms with Gasteiger partial charge in [-0.1, -0.05) is 145 Å². The minimum Gasteiger partial charge on any atom is -0.463 e. The Balaban J connectivity index is 0.930. The molecule has 1 amide bonds. The standard InChI is InChI=1S/C50H81NO11/c1-2-3-4-5-6-7-8-9-10-11-12-13-14-15-16-26-49(52)61-42-41-60-40-39-59-38-37-58-36-35-57-34-33-56-32-31-55-30-29-54-28-21-27-51-50(53)62-43-48-46-24-19-17-22-44(46)45-23-18-20-25-47(45)48/h17-20,22-25,48H,2-16,21,26-43H2,1H3,(H,51,53). The Kier molecular flexibility index (Phi) is 32.9. The Morgan fingerprint density at radius 1 is 0.435 bits per heavy atom. The third-order valence-electron chi connectivity index (χ3n) is 10.8. The maximum atomic E-state index is 12.3. The molecule has 1 aliphatic rings. The quantitative estimate of drug-likeness (QED) is 0.0505. The molecular formula is C50H81NO11. The van der Waals surface area contributed by atoms with Crippen LogP contribution in [-0.4, -0.2) is 124 Å². The van der Waals surface area contributed by atoms with Crippen molar-refractivity contribution in [3.05, 3.63) is 59.7 Å². The van der Waals surface area contributed by atoms with Gasteiger partial charge >= 0.3 is 12.1 Å². The van der Waals surface area contributed by atoms with E-state index in [1.807, 2.05) is 24.3 Å². The molecule has 0 fully saturated rings. The van der Waals surface area contributed by atoms with Crippen molar-refractivity contribution in [1.29, 1.82) is 0 Å². The summed E-state index contributed by atoms with van der Waals surface area (Å²) in [5.41, 5.74) is 4.81. The van der Waals surface area contributed by atoms with E-state index >= 15 is 0 Å². The van der Waals surface area contributed by atoms with Gasteiger partial charge < -0.3 is 47.9 Å². The van der Waals surface area contributed by atoms with Crippen LogP contribution in [0.5, 0.6) is 0 Å². The van der Waals surface area contributed by atoms with Crippen molar-refractivity contribution in [3.8, 4) is 11.1 Å². The lowest BCUT2D eigenvalue weighted by Gasteiger charge is -2.14. The Labute approximate surface area is 373 Å². The van der Waals surface area contributed by atoms with Crippen LogP contribution in [-0.2, 0) is 47.4 Å². The first-order valence-corrected chi connectivity index (χ1v) is 24.0. The van der Waals surface area contributed by atoms with E-state index in [1.54, 1.807) is 0 Å². The third kappa shape index (κ3) is 26.5. The summed E-state index contributed by atoms with van der Waals surface area (Å²) in [6.07, 6.45) is 20.4. The van der Waals surface area contributed by atoms with Crippen molar-refractivity contribution < 1.29 is 52.2 Å². The molecule has 12 nitrogen and oxygen atoms in total. The lowest BCUT2D eigenvalue weighted by atomic mass is 9.98. The number of hydrogen-bond donors (Lipinski definition) is 1. The zero-order chi connectivity index (χ0) is 43.8. The smallest absolute Gasteiger partial charge is 0.407 e. The molecule has 352 valence electrons. The molecule has 0 radical (unpaired) electrons. The number of alkyl carbamates (subject to hydrolysis) is 1. The summed E-state index contributed by atoms with van der Waals surface area (Å²) in [7, 11) is 0. The van der Waals surface area contributed by atoms with Crippen LogP contribution in [0, 0.1) is 0 Å². The Morgan fingerprint density at radius 2 is 0.806 bits per heavy atom. The summed E-state index contributed by atoms with van der Waals surface area (Å²) in [6, 6.07) is 16.6. The van der Waals surface area contributed by atoms with E-state index in [4.69, 9.17) is 42.6 Å².